The van der Waals surface area contributed by atoms with Gasteiger partial charge in [0.2, 0.25) is 11.8 Å². The van der Waals surface area contributed by atoms with Crippen molar-refractivity contribution in [3.05, 3.63) is 24.3 Å². The van der Waals surface area contributed by atoms with Crippen LogP contribution >= 0.6 is 0 Å². The van der Waals surface area contributed by atoms with Crippen molar-refractivity contribution in [3.8, 4) is 11.5 Å². The van der Waals surface area contributed by atoms with Crippen molar-refractivity contribution in [2.24, 2.45) is 0 Å². The number of benzene rings is 1. The summed E-state index contributed by atoms with van der Waals surface area (Å²) in [6.07, 6.45) is 0.287. The number of ether oxygens (including phenoxy) is 1. The average molecular weight is 292 g/mol. The molecule has 2 amide bonds. The van der Waals surface area contributed by atoms with E-state index >= 15 is 0 Å². The van der Waals surface area contributed by atoms with Gasteiger partial charge in [-0.3, -0.25) is 9.59 Å². The fourth-order valence-electron chi connectivity index (χ4n) is 2.26. The summed E-state index contributed by atoms with van der Waals surface area (Å²) in [4.78, 5) is 26.7. The van der Waals surface area contributed by atoms with E-state index in [2.05, 4.69) is 0 Å². The Bertz CT molecular complexity index is 510. The van der Waals surface area contributed by atoms with Gasteiger partial charge in [-0.25, -0.2) is 0 Å². The third kappa shape index (κ3) is 4.37. The molecule has 6 nitrogen and oxygen atoms in total. The number of phenols is 1. The SMILES string of the molecule is CC(=O)N1CCN(C(=O)CCOc2cccc(O)c2)CC1. The smallest absolute Gasteiger partial charge is 0.226 e. The highest BCUT2D eigenvalue weighted by atomic mass is 16.5. The highest BCUT2D eigenvalue weighted by Gasteiger charge is 2.21. The first-order chi connectivity index (χ1) is 10.1. The van der Waals surface area contributed by atoms with Gasteiger partial charge in [0, 0.05) is 39.2 Å². The lowest BCUT2D eigenvalue weighted by Gasteiger charge is -2.34. The molecule has 2 rings (SSSR count). The Labute approximate surface area is 123 Å². The number of piperazine rings is 1. The lowest BCUT2D eigenvalue weighted by Crippen LogP contribution is -2.50. The average Bonchev–Trinajstić information content (AvgIpc) is 2.47. The quantitative estimate of drug-likeness (QED) is 0.893. The van der Waals surface area contributed by atoms with Gasteiger partial charge in [0.15, 0.2) is 0 Å². The lowest BCUT2D eigenvalue weighted by atomic mass is 10.2. The van der Waals surface area contributed by atoms with Gasteiger partial charge in [0.25, 0.3) is 0 Å². The molecule has 0 aromatic heterocycles. The summed E-state index contributed by atoms with van der Waals surface area (Å²) < 4.78 is 5.44. The van der Waals surface area contributed by atoms with E-state index in [9.17, 15) is 14.7 Å². The second-order valence-electron chi connectivity index (χ2n) is 4.98. The van der Waals surface area contributed by atoms with Gasteiger partial charge in [-0.05, 0) is 12.1 Å². The Hall–Kier alpha value is -2.24. The van der Waals surface area contributed by atoms with Crippen LogP contribution in [0.25, 0.3) is 0 Å². The molecule has 0 spiro atoms. The van der Waals surface area contributed by atoms with E-state index in [4.69, 9.17) is 4.74 Å². The maximum Gasteiger partial charge on any atom is 0.226 e. The van der Waals surface area contributed by atoms with Crippen LogP contribution in [-0.2, 0) is 9.59 Å². The number of hydrogen-bond donors (Lipinski definition) is 1. The highest BCUT2D eigenvalue weighted by Crippen LogP contribution is 2.17. The molecule has 1 aliphatic rings. The van der Waals surface area contributed by atoms with Crippen molar-refractivity contribution in [1.82, 2.24) is 9.80 Å². The Kier molecular flexibility index (Phi) is 5.03. The Morgan fingerprint density at radius 2 is 1.86 bits per heavy atom. The summed E-state index contributed by atoms with van der Waals surface area (Å²) in [5, 5.41) is 9.31. The molecule has 0 bridgehead atoms. The summed E-state index contributed by atoms with van der Waals surface area (Å²) in [5.41, 5.74) is 0. The van der Waals surface area contributed by atoms with E-state index in [-0.39, 0.29) is 30.6 Å². The second kappa shape index (κ2) is 6.97. The first-order valence-electron chi connectivity index (χ1n) is 7.01. The maximum atomic E-state index is 12.0. The molecule has 0 atom stereocenters. The molecule has 1 aliphatic heterocycles. The van der Waals surface area contributed by atoms with Gasteiger partial charge in [-0.2, -0.15) is 0 Å². The van der Waals surface area contributed by atoms with Gasteiger partial charge in [-0.15, -0.1) is 0 Å². The van der Waals surface area contributed by atoms with E-state index in [1.165, 1.54) is 6.07 Å². The normalized spacial score (nSPS) is 14.9. The molecule has 0 aliphatic carbocycles. The summed E-state index contributed by atoms with van der Waals surface area (Å²) in [7, 11) is 0. The molecular formula is C15H20N2O4. The van der Waals surface area contributed by atoms with Crippen LogP contribution in [0, 0.1) is 0 Å². The Morgan fingerprint density at radius 3 is 2.48 bits per heavy atom. The van der Waals surface area contributed by atoms with E-state index in [0.29, 0.717) is 31.9 Å². The monoisotopic (exact) mass is 292 g/mol. The first kappa shape index (κ1) is 15.2. The molecule has 1 aromatic rings. The summed E-state index contributed by atoms with van der Waals surface area (Å²) in [6, 6.07) is 6.49. The van der Waals surface area contributed by atoms with Gasteiger partial charge in [-0.1, -0.05) is 6.07 Å². The van der Waals surface area contributed by atoms with E-state index in [1.807, 2.05) is 0 Å². The van der Waals surface area contributed by atoms with E-state index in [0.717, 1.165) is 0 Å². The number of hydrogen-bond acceptors (Lipinski definition) is 4. The van der Waals surface area contributed by atoms with Crippen molar-refractivity contribution in [1.29, 1.82) is 0 Å². The minimum absolute atomic E-state index is 0.0263. The number of amides is 2. The summed E-state index contributed by atoms with van der Waals surface area (Å²) in [6.45, 7) is 4.15. The summed E-state index contributed by atoms with van der Waals surface area (Å²) in [5.74, 6) is 0.760. The predicted octanol–water partition coefficient (Wildman–Crippen LogP) is 0.852. The van der Waals surface area contributed by atoms with Crippen LogP contribution < -0.4 is 4.74 Å². The molecule has 1 saturated heterocycles. The molecule has 0 unspecified atom stereocenters. The number of nitrogens with zero attached hydrogens (tertiary/aromatic N) is 2. The van der Waals surface area contributed by atoms with Gasteiger partial charge in [0.05, 0.1) is 13.0 Å². The minimum atomic E-state index is 0.0263. The molecule has 0 radical (unpaired) electrons. The highest BCUT2D eigenvalue weighted by molar-refractivity contribution is 5.77. The zero-order valence-corrected chi connectivity index (χ0v) is 12.1. The zero-order valence-electron chi connectivity index (χ0n) is 12.1. The van der Waals surface area contributed by atoms with Gasteiger partial charge >= 0.3 is 0 Å². The molecule has 21 heavy (non-hydrogen) atoms. The van der Waals surface area contributed by atoms with E-state index in [1.54, 1.807) is 34.9 Å². The Balaban J connectivity index is 1.72. The van der Waals surface area contributed by atoms with Crippen LogP contribution in [0.4, 0.5) is 0 Å². The van der Waals surface area contributed by atoms with Crippen LogP contribution in [0.3, 0.4) is 0 Å². The minimum Gasteiger partial charge on any atom is -0.508 e. The van der Waals surface area contributed by atoms with Crippen molar-refractivity contribution < 1.29 is 19.4 Å². The topological polar surface area (TPSA) is 70.1 Å². The third-order valence-electron chi connectivity index (χ3n) is 3.48. The second-order valence-corrected chi connectivity index (χ2v) is 4.98. The van der Waals surface area contributed by atoms with Crippen molar-refractivity contribution >= 4 is 11.8 Å². The van der Waals surface area contributed by atoms with Crippen LogP contribution in [0.15, 0.2) is 24.3 Å². The fraction of sp³-hybridized carbons (Fsp3) is 0.467. The van der Waals surface area contributed by atoms with Crippen LogP contribution in [-0.4, -0.2) is 59.5 Å². The standard InChI is InChI=1S/C15H20N2O4/c1-12(18)16-6-8-17(9-7-16)15(20)5-10-21-14-4-2-3-13(19)11-14/h2-4,11,19H,5-10H2,1H3. The molecule has 6 heteroatoms. The van der Waals surface area contributed by atoms with Gasteiger partial charge in [0.1, 0.15) is 11.5 Å². The van der Waals surface area contributed by atoms with Gasteiger partial charge < -0.3 is 19.6 Å². The summed E-state index contributed by atoms with van der Waals surface area (Å²) >= 11 is 0. The van der Waals surface area contributed by atoms with E-state index < -0.39 is 0 Å². The number of carbonyl (C=O) groups is 2. The zero-order chi connectivity index (χ0) is 15.2. The molecule has 1 heterocycles. The van der Waals surface area contributed by atoms with Crippen LogP contribution in [0.1, 0.15) is 13.3 Å². The lowest BCUT2D eigenvalue weighted by molar-refractivity contribution is -0.138. The maximum absolute atomic E-state index is 12.0. The molecule has 1 aromatic carbocycles. The molecular weight excluding hydrogens is 272 g/mol. The fourth-order valence-corrected chi connectivity index (χ4v) is 2.26. The number of carbonyl (C=O) groups excluding carboxylic acids is 2. The first-order valence-corrected chi connectivity index (χ1v) is 7.01. The van der Waals surface area contributed by atoms with Crippen LogP contribution in [0.2, 0.25) is 0 Å². The molecule has 1 N–H and O–H groups in total. The van der Waals surface area contributed by atoms with Crippen molar-refractivity contribution in [2.75, 3.05) is 32.8 Å². The van der Waals surface area contributed by atoms with Crippen molar-refractivity contribution in [3.63, 3.8) is 0 Å². The molecule has 1 fully saturated rings. The third-order valence-corrected chi connectivity index (χ3v) is 3.48. The largest absolute Gasteiger partial charge is 0.508 e. The number of phenolic OH excluding ortho intramolecular Hbond substituents is 1. The number of aromatic hydroxyl groups is 1. The number of rotatable bonds is 4. The van der Waals surface area contributed by atoms with Crippen molar-refractivity contribution in [2.45, 2.75) is 13.3 Å². The molecule has 0 saturated carbocycles. The molecule has 114 valence electrons. The van der Waals surface area contributed by atoms with Crippen LogP contribution in [0.5, 0.6) is 11.5 Å². The predicted molar refractivity (Wildman–Crippen MR) is 77.1 cm³/mol. The Morgan fingerprint density at radius 1 is 1.19 bits per heavy atom.